The number of para-hydroxylation sites is 1. The first-order valence-electron chi connectivity index (χ1n) is 11.0. The van der Waals surface area contributed by atoms with Gasteiger partial charge in [0.25, 0.3) is 5.56 Å². The molecule has 33 heavy (non-hydrogen) atoms. The average Bonchev–Trinajstić information content (AvgIpc) is 3.17. The van der Waals surface area contributed by atoms with Crippen molar-refractivity contribution in [2.75, 3.05) is 23.8 Å². The first kappa shape index (κ1) is 23.5. The molecule has 1 amide bonds. The maximum atomic E-state index is 13.4. The third-order valence-electron chi connectivity index (χ3n) is 6.08. The van der Waals surface area contributed by atoms with Gasteiger partial charge in [0.15, 0.2) is 15.0 Å². The fourth-order valence-corrected chi connectivity index (χ4v) is 7.01. The first-order valence-corrected chi connectivity index (χ1v) is 13.8. The van der Waals surface area contributed by atoms with Crippen LogP contribution in [0.3, 0.4) is 0 Å². The van der Waals surface area contributed by atoms with Crippen molar-refractivity contribution in [1.29, 1.82) is 0 Å². The van der Waals surface area contributed by atoms with Crippen LogP contribution in [0.1, 0.15) is 31.9 Å². The molecule has 9 heteroatoms. The van der Waals surface area contributed by atoms with Crippen LogP contribution in [0, 0.1) is 0 Å². The lowest BCUT2D eigenvalue weighted by Gasteiger charge is -2.27. The van der Waals surface area contributed by atoms with Crippen LogP contribution >= 0.6 is 11.8 Å². The van der Waals surface area contributed by atoms with E-state index >= 15 is 0 Å². The zero-order valence-corrected chi connectivity index (χ0v) is 20.3. The molecule has 2 aromatic carbocycles. The molecule has 174 valence electrons. The van der Waals surface area contributed by atoms with Gasteiger partial charge in [0.05, 0.1) is 34.2 Å². The number of aromatic nitrogens is 2. The molecule has 0 aliphatic carbocycles. The number of rotatable bonds is 7. The summed E-state index contributed by atoms with van der Waals surface area (Å²) in [6.45, 7) is 4.24. The van der Waals surface area contributed by atoms with Crippen LogP contribution in [0.2, 0.25) is 0 Å². The Morgan fingerprint density at radius 1 is 1.18 bits per heavy atom. The number of benzene rings is 2. The summed E-state index contributed by atoms with van der Waals surface area (Å²) in [5.74, 6) is 0.0678. The molecule has 0 bridgehead atoms. The predicted octanol–water partition coefficient (Wildman–Crippen LogP) is 3.13. The number of nitrogens with zero attached hydrogens (tertiary/aromatic N) is 3. The Bertz CT molecular complexity index is 1320. The zero-order chi connectivity index (χ0) is 23.6. The van der Waals surface area contributed by atoms with Crippen molar-refractivity contribution in [3.05, 3.63) is 70.5 Å². The summed E-state index contributed by atoms with van der Waals surface area (Å²) >= 11 is 1.22. The van der Waals surface area contributed by atoms with Crippen molar-refractivity contribution in [2.45, 2.75) is 37.5 Å². The number of sulfone groups is 1. The van der Waals surface area contributed by atoms with E-state index in [1.807, 2.05) is 56.3 Å². The maximum absolute atomic E-state index is 13.4. The monoisotopic (exact) mass is 485 g/mol. The Kier molecular flexibility index (Phi) is 6.90. The lowest BCUT2D eigenvalue weighted by Crippen LogP contribution is -2.42. The van der Waals surface area contributed by atoms with Crippen LogP contribution < -0.4 is 5.56 Å². The minimum atomic E-state index is -3.09. The molecule has 2 atom stereocenters. The van der Waals surface area contributed by atoms with E-state index in [0.717, 1.165) is 5.56 Å². The second-order valence-corrected chi connectivity index (χ2v) is 11.4. The van der Waals surface area contributed by atoms with Crippen molar-refractivity contribution >= 4 is 38.4 Å². The van der Waals surface area contributed by atoms with Crippen LogP contribution in [-0.4, -0.2) is 58.6 Å². The van der Waals surface area contributed by atoms with Crippen LogP contribution in [0.15, 0.2) is 64.5 Å². The fourth-order valence-electron chi connectivity index (χ4n) is 4.32. The molecule has 7 nitrogen and oxygen atoms in total. The molecular weight excluding hydrogens is 458 g/mol. The molecule has 1 aromatic heterocycles. The average molecular weight is 486 g/mol. The van der Waals surface area contributed by atoms with Gasteiger partial charge in [-0.05, 0) is 38.0 Å². The number of amides is 1. The molecule has 1 fully saturated rings. The molecule has 1 aliphatic heterocycles. The van der Waals surface area contributed by atoms with Crippen LogP contribution in [0.5, 0.6) is 0 Å². The number of carbonyl (C=O) groups is 1. The Morgan fingerprint density at radius 2 is 1.88 bits per heavy atom. The number of carbonyl (C=O) groups excluding carboxylic acids is 1. The summed E-state index contributed by atoms with van der Waals surface area (Å²) in [5, 5.41) is 1.00. The number of fused-ring (bicyclic) bond motifs is 1. The van der Waals surface area contributed by atoms with Gasteiger partial charge in [-0.25, -0.2) is 13.4 Å². The lowest BCUT2D eigenvalue weighted by molar-refractivity contribution is -0.129. The van der Waals surface area contributed by atoms with Crippen molar-refractivity contribution in [3.8, 4) is 0 Å². The maximum Gasteiger partial charge on any atom is 0.262 e. The SMILES string of the molecule is CCN(C(=O)CSc1nc2ccccc2c(=O)n1[C@H](C)c1ccccc1)[C@@H]1CCS(=O)(=O)C1. The van der Waals surface area contributed by atoms with E-state index in [0.29, 0.717) is 29.0 Å². The van der Waals surface area contributed by atoms with E-state index in [4.69, 9.17) is 4.98 Å². The molecule has 0 unspecified atom stereocenters. The largest absolute Gasteiger partial charge is 0.338 e. The van der Waals surface area contributed by atoms with Gasteiger partial charge in [0.2, 0.25) is 5.91 Å². The minimum absolute atomic E-state index is 0.0151. The van der Waals surface area contributed by atoms with E-state index < -0.39 is 9.84 Å². The van der Waals surface area contributed by atoms with E-state index in [9.17, 15) is 18.0 Å². The van der Waals surface area contributed by atoms with Gasteiger partial charge >= 0.3 is 0 Å². The predicted molar refractivity (Wildman–Crippen MR) is 131 cm³/mol. The Balaban J connectivity index is 1.65. The van der Waals surface area contributed by atoms with Gasteiger partial charge in [-0.15, -0.1) is 0 Å². The van der Waals surface area contributed by atoms with E-state index in [2.05, 4.69) is 0 Å². The highest BCUT2D eigenvalue weighted by atomic mass is 32.2. The number of hydrogen-bond acceptors (Lipinski definition) is 6. The molecule has 4 rings (SSSR count). The van der Waals surface area contributed by atoms with Gasteiger partial charge in [-0.3, -0.25) is 14.2 Å². The number of hydrogen-bond donors (Lipinski definition) is 0. The molecule has 3 aromatic rings. The molecule has 0 saturated carbocycles. The third kappa shape index (κ3) is 4.99. The van der Waals surface area contributed by atoms with Gasteiger partial charge in [-0.1, -0.05) is 54.2 Å². The minimum Gasteiger partial charge on any atom is -0.338 e. The first-order chi connectivity index (χ1) is 15.8. The van der Waals surface area contributed by atoms with Gasteiger partial charge in [-0.2, -0.15) is 0 Å². The number of thioether (sulfide) groups is 1. The summed E-state index contributed by atoms with van der Waals surface area (Å²) in [4.78, 5) is 32.8. The van der Waals surface area contributed by atoms with Gasteiger partial charge < -0.3 is 4.90 Å². The zero-order valence-electron chi connectivity index (χ0n) is 18.7. The van der Waals surface area contributed by atoms with Crippen molar-refractivity contribution < 1.29 is 13.2 Å². The topological polar surface area (TPSA) is 89.3 Å². The van der Waals surface area contributed by atoms with E-state index in [-0.39, 0.29) is 40.8 Å². The normalized spacial score (nSPS) is 18.3. The second kappa shape index (κ2) is 9.69. The van der Waals surface area contributed by atoms with Crippen LogP contribution in [0.25, 0.3) is 10.9 Å². The Labute approximate surface area is 197 Å². The highest BCUT2D eigenvalue weighted by molar-refractivity contribution is 7.99. The summed E-state index contributed by atoms with van der Waals surface area (Å²) in [7, 11) is -3.09. The van der Waals surface area contributed by atoms with Crippen molar-refractivity contribution in [1.82, 2.24) is 14.5 Å². The molecule has 2 heterocycles. The van der Waals surface area contributed by atoms with E-state index in [1.54, 1.807) is 21.6 Å². The lowest BCUT2D eigenvalue weighted by atomic mass is 10.1. The summed E-state index contributed by atoms with van der Waals surface area (Å²) in [5.41, 5.74) is 1.40. The van der Waals surface area contributed by atoms with Gasteiger partial charge in [0.1, 0.15) is 0 Å². The molecule has 1 saturated heterocycles. The molecule has 0 N–H and O–H groups in total. The Morgan fingerprint density at radius 3 is 2.55 bits per heavy atom. The summed E-state index contributed by atoms with van der Waals surface area (Å²) in [6, 6.07) is 16.4. The van der Waals surface area contributed by atoms with E-state index in [1.165, 1.54) is 11.8 Å². The summed E-state index contributed by atoms with van der Waals surface area (Å²) < 4.78 is 25.4. The summed E-state index contributed by atoms with van der Waals surface area (Å²) in [6.07, 6.45) is 0.469. The highest BCUT2D eigenvalue weighted by Gasteiger charge is 2.34. The highest BCUT2D eigenvalue weighted by Crippen LogP contribution is 2.26. The van der Waals surface area contributed by atoms with Crippen molar-refractivity contribution in [2.24, 2.45) is 0 Å². The smallest absolute Gasteiger partial charge is 0.262 e. The third-order valence-corrected chi connectivity index (χ3v) is 8.77. The van der Waals surface area contributed by atoms with Crippen molar-refractivity contribution in [3.63, 3.8) is 0 Å². The van der Waals surface area contributed by atoms with Gasteiger partial charge in [0, 0.05) is 12.6 Å². The van der Waals surface area contributed by atoms with Crippen LogP contribution in [-0.2, 0) is 14.6 Å². The quantitative estimate of drug-likeness (QED) is 0.377. The fraction of sp³-hybridized carbons (Fsp3) is 0.375. The second-order valence-electron chi connectivity index (χ2n) is 8.20. The Hall–Kier alpha value is -2.65. The molecular formula is C24H27N3O4S2. The standard InChI is InChI=1S/C24H27N3O4S2/c1-3-26(19-13-14-33(30,31)16-19)22(28)15-32-24-25-21-12-8-7-11-20(21)23(29)27(24)17(2)18-9-5-4-6-10-18/h4-12,17,19H,3,13-16H2,1-2H3/t17-,19-/m1/s1. The molecule has 1 aliphatic rings. The molecule has 0 radical (unpaired) electrons. The molecule has 0 spiro atoms. The van der Waals surface area contributed by atoms with Crippen LogP contribution in [0.4, 0.5) is 0 Å².